The Morgan fingerprint density at radius 3 is 2.63 bits per heavy atom. The van der Waals surface area contributed by atoms with E-state index in [0.717, 1.165) is 45.9 Å². The van der Waals surface area contributed by atoms with Crippen LogP contribution in [-0.2, 0) is 16.1 Å². The molecule has 0 radical (unpaired) electrons. The van der Waals surface area contributed by atoms with Crippen LogP contribution in [0.4, 0.5) is 0 Å². The zero-order valence-corrected chi connectivity index (χ0v) is 32.9. The molecule has 0 saturated carbocycles. The first-order chi connectivity index (χ1) is 27.6. The molecule has 8 rings (SSSR count). The second kappa shape index (κ2) is 16.5. The Bertz CT molecular complexity index is 2350. The van der Waals surface area contributed by atoms with Crippen molar-refractivity contribution >= 4 is 34.2 Å². The van der Waals surface area contributed by atoms with Crippen LogP contribution in [0, 0.1) is 12.8 Å². The van der Waals surface area contributed by atoms with Gasteiger partial charge in [0.05, 0.1) is 27.9 Å². The lowest BCUT2D eigenvalue weighted by Crippen LogP contribution is -2.46. The van der Waals surface area contributed by atoms with E-state index in [1.807, 2.05) is 68.7 Å². The van der Waals surface area contributed by atoms with Crippen molar-refractivity contribution in [3.63, 3.8) is 0 Å². The number of aliphatic hydroxyl groups is 1. The predicted molar refractivity (Wildman–Crippen MR) is 215 cm³/mol. The molecule has 4 N–H and O–H groups in total. The van der Waals surface area contributed by atoms with Gasteiger partial charge < -0.3 is 34.7 Å². The fourth-order valence-electron chi connectivity index (χ4n) is 7.71. The number of H-pyrrole nitrogens is 1. The van der Waals surface area contributed by atoms with Gasteiger partial charge in [-0.25, -0.2) is 4.98 Å². The Morgan fingerprint density at radius 1 is 1.07 bits per heavy atom. The number of nitrogens with zero attached hydrogens (tertiary/aromatic N) is 6. The van der Waals surface area contributed by atoms with Crippen molar-refractivity contribution < 1.29 is 29.1 Å². The number of benzene rings is 2. The van der Waals surface area contributed by atoms with E-state index in [-0.39, 0.29) is 48.8 Å². The van der Waals surface area contributed by atoms with E-state index >= 15 is 0 Å². The van der Waals surface area contributed by atoms with Crippen LogP contribution in [0.15, 0.2) is 76.8 Å². The number of aliphatic hydroxyl groups excluding tert-OH is 1. The molecule has 4 aromatic heterocycles. The lowest BCUT2D eigenvalue weighted by atomic mass is 9.89. The largest absolute Gasteiger partial charge is 0.507 e. The number of aromatic nitrogens is 5. The number of amides is 2. The standard InChI is InChI=1S/C42H46N8O6S/c1-24(2)32(17-39(53)50-22-30(51)16-35(50)42(54)43-19-26-8-10-27(11-9-26)40-25(3)44-23-57-40)37-18-38(48-56-37)55-13-12-49-20-29(21-49)33-14-28-15-34(46-47-41(28)45-33)31-6-4-5-7-36(31)52/h4-11,14-15,18,23-24,29-30,32,35,51-52H,12-13,16-17,19-22H2,1-3H3,(H,43,54)(H,45,47)/t30-,32-,35+/m1/s1. The van der Waals surface area contributed by atoms with Crippen molar-refractivity contribution in [1.29, 1.82) is 0 Å². The SMILES string of the molecule is Cc1ncsc1-c1ccc(CNC(=O)[C@@H]2C[C@@H](O)CN2C(=O)C[C@@H](c2cc(OCCN3CC(c4cc5cc(-c6ccccc6O)nnc5[nH]4)C3)no2)C(C)C)cc1. The number of aromatic amines is 1. The third-order valence-electron chi connectivity index (χ3n) is 11.0. The van der Waals surface area contributed by atoms with Crippen LogP contribution in [0.5, 0.6) is 11.6 Å². The summed E-state index contributed by atoms with van der Waals surface area (Å²) in [4.78, 5) is 39.7. The number of thiazole rings is 1. The number of aryl methyl sites for hydroxylation is 1. The molecule has 0 spiro atoms. The minimum atomic E-state index is -0.780. The highest BCUT2D eigenvalue weighted by Crippen LogP contribution is 2.34. The number of carbonyl (C=O) groups is 2. The number of ether oxygens (including phenoxy) is 1. The smallest absolute Gasteiger partial charge is 0.254 e. The molecule has 2 aromatic carbocycles. The van der Waals surface area contributed by atoms with Crippen molar-refractivity contribution in [3.05, 3.63) is 95.0 Å². The van der Waals surface area contributed by atoms with Gasteiger partial charge in [0, 0.05) is 80.1 Å². The second-order valence-corrected chi connectivity index (χ2v) is 16.2. The Kier molecular flexibility index (Phi) is 11.0. The number of hydrogen-bond donors (Lipinski definition) is 4. The van der Waals surface area contributed by atoms with Crippen LogP contribution in [0.25, 0.3) is 32.7 Å². The van der Waals surface area contributed by atoms with E-state index in [4.69, 9.17) is 9.26 Å². The molecule has 14 nitrogen and oxygen atoms in total. The maximum Gasteiger partial charge on any atom is 0.254 e. The lowest BCUT2D eigenvalue weighted by molar-refractivity contribution is -0.139. The molecule has 0 unspecified atom stereocenters. The monoisotopic (exact) mass is 790 g/mol. The Balaban J connectivity index is 0.806. The second-order valence-electron chi connectivity index (χ2n) is 15.3. The van der Waals surface area contributed by atoms with Gasteiger partial charge in [-0.3, -0.25) is 14.5 Å². The minimum absolute atomic E-state index is 0.0389. The molecule has 2 fully saturated rings. The number of phenolic OH excluding ortho intramolecular Hbond substituents is 1. The van der Waals surface area contributed by atoms with E-state index in [2.05, 4.69) is 41.6 Å². The highest BCUT2D eigenvalue weighted by Gasteiger charge is 2.40. The van der Waals surface area contributed by atoms with Gasteiger partial charge >= 0.3 is 0 Å². The van der Waals surface area contributed by atoms with Crippen molar-refractivity contribution in [3.8, 4) is 33.3 Å². The molecule has 2 aliphatic heterocycles. The van der Waals surface area contributed by atoms with Gasteiger partial charge in [-0.15, -0.1) is 21.5 Å². The van der Waals surface area contributed by atoms with E-state index in [0.29, 0.717) is 54.2 Å². The summed E-state index contributed by atoms with van der Waals surface area (Å²) in [6.45, 7) is 9.28. The molecule has 6 heterocycles. The van der Waals surface area contributed by atoms with Crippen LogP contribution in [-0.4, -0.2) is 102 Å². The molecule has 57 heavy (non-hydrogen) atoms. The number of β-amino-alcohol motifs (C(OH)–C–C–N with tert-alkyl or cyclic N) is 1. The van der Waals surface area contributed by atoms with Crippen LogP contribution < -0.4 is 10.1 Å². The van der Waals surface area contributed by atoms with Crippen LogP contribution in [0.3, 0.4) is 0 Å². The molecule has 15 heteroatoms. The summed E-state index contributed by atoms with van der Waals surface area (Å²) in [7, 11) is 0. The fourth-order valence-corrected chi connectivity index (χ4v) is 8.52. The molecule has 3 atom stereocenters. The molecular formula is C42H46N8O6S. The van der Waals surface area contributed by atoms with Crippen LogP contribution in [0.1, 0.15) is 61.2 Å². The van der Waals surface area contributed by atoms with E-state index in [9.17, 15) is 19.8 Å². The Morgan fingerprint density at radius 2 is 1.88 bits per heavy atom. The molecule has 0 bridgehead atoms. The average molecular weight is 791 g/mol. The number of hydrogen-bond acceptors (Lipinski definition) is 12. The van der Waals surface area contributed by atoms with Crippen molar-refractivity contribution in [2.45, 2.75) is 64.1 Å². The quantitative estimate of drug-likeness (QED) is 0.107. The molecule has 6 aromatic rings. The predicted octanol–water partition coefficient (Wildman–Crippen LogP) is 5.64. The topological polar surface area (TPSA) is 183 Å². The highest BCUT2D eigenvalue weighted by molar-refractivity contribution is 7.13. The molecule has 2 saturated heterocycles. The maximum atomic E-state index is 13.7. The Labute approximate surface area is 333 Å². The van der Waals surface area contributed by atoms with E-state index in [1.54, 1.807) is 29.5 Å². The number of aromatic hydroxyl groups is 1. The summed E-state index contributed by atoms with van der Waals surface area (Å²) < 4.78 is 11.7. The number of rotatable bonds is 14. The van der Waals surface area contributed by atoms with Crippen molar-refractivity contribution in [1.82, 2.24) is 40.4 Å². The van der Waals surface area contributed by atoms with Gasteiger partial charge in [-0.2, -0.15) is 0 Å². The zero-order valence-electron chi connectivity index (χ0n) is 32.1. The number of nitrogens with one attached hydrogen (secondary N) is 2. The number of fused-ring (bicyclic) bond motifs is 1. The van der Waals surface area contributed by atoms with Crippen molar-refractivity contribution in [2.24, 2.45) is 5.92 Å². The summed E-state index contributed by atoms with van der Waals surface area (Å²) in [5.41, 5.74) is 7.91. The Hall–Kier alpha value is -5.64. The normalized spacial score (nSPS) is 17.9. The van der Waals surface area contributed by atoms with Crippen LogP contribution in [0.2, 0.25) is 0 Å². The third-order valence-corrected chi connectivity index (χ3v) is 12.0. The van der Waals surface area contributed by atoms with Gasteiger partial charge in [-0.1, -0.05) is 50.2 Å². The maximum absolute atomic E-state index is 13.7. The number of carbonyl (C=O) groups excluding carboxylic acids is 2. The first-order valence-corrected chi connectivity index (χ1v) is 20.2. The lowest BCUT2D eigenvalue weighted by Gasteiger charge is -2.38. The summed E-state index contributed by atoms with van der Waals surface area (Å²) in [6.07, 6.45) is -0.493. The zero-order chi connectivity index (χ0) is 39.6. The molecule has 2 amide bonds. The molecule has 0 aliphatic carbocycles. The first-order valence-electron chi connectivity index (χ1n) is 19.3. The fraction of sp³-hybridized carbons (Fsp3) is 0.381. The summed E-state index contributed by atoms with van der Waals surface area (Å²) in [6, 6.07) is 20.1. The van der Waals surface area contributed by atoms with Gasteiger partial charge in [0.15, 0.2) is 5.65 Å². The molecule has 296 valence electrons. The average Bonchev–Trinajstić information content (AvgIpc) is 4.00. The van der Waals surface area contributed by atoms with E-state index in [1.165, 1.54) is 4.90 Å². The number of para-hydroxylation sites is 1. The molecule has 2 aliphatic rings. The van der Waals surface area contributed by atoms with Gasteiger partial charge in [-0.05, 0) is 53.4 Å². The summed E-state index contributed by atoms with van der Waals surface area (Å²) in [5.74, 6) is 0.633. The van der Waals surface area contributed by atoms with Gasteiger partial charge in [0.2, 0.25) is 11.8 Å². The minimum Gasteiger partial charge on any atom is -0.507 e. The summed E-state index contributed by atoms with van der Waals surface area (Å²) >= 11 is 1.59. The van der Waals surface area contributed by atoms with Gasteiger partial charge in [0.1, 0.15) is 24.2 Å². The number of phenols is 1. The van der Waals surface area contributed by atoms with Crippen molar-refractivity contribution in [2.75, 3.05) is 32.8 Å². The van der Waals surface area contributed by atoms with Crippen LogP contribution >= 0.6 is 11.3 Å². The third kappa shape index (κ3) is 8.41. The highest BCUT2D eigenvalue weighted by atomic mass is 32.1. The van der Waals surface area contributed by atoms with Gasteiger partial charge in [0.25, 0.3) is 5.88 Å². The van der Waals surface area contributed by atoms with E-state index < -0.39 is 12.1 Å². The first kappa shape index (κ1) is 38.2. The molecular weight excluding hydrogens is 745 g/mol. The number of likely N-dealkylation sites (tertiary alicyclic amines) is 2. The summed E-state index contributed by atoms with van der Waals surface area (Å²) in [5, 5.41) is 37.5.